The van der Waals surface area contributed by atoms with Gasteiger partial charge in [0.1, 0.15) is 6.10 Å². The molecule has 8 rings (SSSR count). The molecule has 2 bridgehead atoms. The van der Waals surface area contributed by atoms with E-state index in [2.05, 4.69) is 15.2 Å². The predicted octanol–water partition coefficient (Wildman–Crippen LogP) is 3.97. The summed E-state index contributed by atoms with van der Waals surface area (Å²) in [6.45, 7) is 3.98. The second-order valence-electron chi connectivity index (χ2n) is 12.1. The summed E-state index contributed by atoms with van der Waals surface area (Å²) >= 11 is 0. The van der Waals surface area contributed by atoms with Gasteiger partial charge in [0.15, 0.2) is 11.5 Å². The van der Waals surface area contributed by atoms with Crippen molar-refractivity contribution >= 4 is 29.2 Å². The molecular formula is C30H34ClN3O4. The zero-order valence-electron chi connectivity index (χ0n) is 21.5. The average molecular weight is 536 g/mol. The molecule has 0 unspecified atom stereocenters. The number of piperidine rings is 1. The molecule has 1 saturated heterocycles. The van der Waals surface area contributed by atoms with E-state index >= 15 is 0 Å². The summed E-state index contributed by atoms with van der Waals surface area (Å²) < 4.78 is 6.59. The highest BCUT2D eigenvalue weighted by molar-refractivity contribution is 6.06. The SMILES string of the molecule is Cc1c[nH]c2c(C(=O)N[C@@H]3CC[C@@]4(O)[C@H]5Cc6ccc(O)c7c6[C@@]4(CCN5CC4CC4)[C@H]3O7)cccc12.Cl. The van der Waals surface area contributed by atoms with Crippen LogP contribution in [0.3, 0.4) is 0 Å². The second kappa shape index (κ2) is 8.13. The van der Waals surface area contributed by atoms with Crippen LogP contribution in [0, 0.1) is 12.8 Å². The number of benzene rings is 2. The van der Waals surface area contributed by atoms with Gasteiger partial charge in [-0.05, 0) is 81.2 Å². The lowest BCUT2D eigenvalue weighted by Gasteiger charge is -2.64. The Morgan fingerprint density at radius 2 is 2.05 bits per heavy atom. The number of nitrogens with zero attached hydrogens (tertiary/aromatic N) is 1. The molecule has 5 atom stereocenters. The first-order chi connectivity index (χ1) is 17.9. The fourth-order valence-corrected chi connectivity index (χ4v) is 8.36. The van der Waals surface area contributed by atoms with E-state index in [1.165, 1.54) is 18.4 Å². The number of para-hydroxylation sites is 1. The molecule has 5 aliphatic rings. The lowest BCUT2D eigenvalue weighted by molar-refractivity contribution is -0.191. The molecule has 0 radical (unpaired) electrons. The van der Waals surface area contributed by atoms with Gasteiger partial charge in [0.25, 0.3) is 5.91 Å². The zero-order chi connectivity index (χ0) is 25.1. The third kappa shape index (κ3) is 3.01. The van der Waals surface area contributed by atoms with Crippen molar-refractivity contribution in [2.24, 2.45) is 5.92 Å². The zero-order valence-corrected chi connectivity index (χ0v) is 22.3. The molecule has 1 amide bonds. The largest absolute Gasteiger partial charge is 0.504 e. The number of aromatic amines is 1. The predicted molar refractivity (Wildman–Crippen MR) is 146 cm³/mol. The van der Waals surface area contributed by atoms with Crippen LogP contribution in [0.25, 0.3) is 10.9 Å². The Labute approximate surface area is 228 Å². The molecule has 38 heavy (non-hydrogen) atoms. The summed E-state index contributed by atoms with van der Waals surface area (Å²) in [7, 11) is 0. The highest BCUT2D eigenvalue weighted by Gasteiger charge is 2.73. The molecule has 7 nitrogen and oxygen atoms in total. The number of carbonyl (C=O) groups is 1. The minimum atomic E-state index is -0.950. The number of rotatable bonds is 4. The number of likely N-dealkylation sites (tertiary alicyclic amines) is 1. The summed E-state index contributed by atoms with van der Waals surface area (Å²) in [4.78, 5) is 19.4. The van der Waals surface area contributed by atoms with E-state index in [0.717, 1.165) is 53.9 Å². The van der Waals surface area contributed by atoms with Gasteiger partial charge in [0.05, 0.1) is 28.1 Å². The maximum absolute atomic E-state index is 13.7. The monoisotopic (exact) mass is 535 g/mol. The van der Waals surface area contributed by atoms with Crippen molar-refractivity contribution < 1.29 is 19.7 Å². The van der Waals surface area contributed by atoms with E-state index < -0.39 is 17.1 Å². The van der Waals surface area contributed by atoms with Crippen LogP contribution in [-0.4, -0.2) is 62.9 Å². The fourth-order valence-electron chi connectivity index (χ4n) is 8.36. The first-order valence-corrected chi connectivity index (χ1v) is 13.8. The molecule has 4 N–H and O–H groups in total. The van der Waals surface area contributed by atoms with E-state index in [9.17, 15) is 15.0 Å². The minimum Gasteiger partial charge on any atom is -0.504 e. The number of aromatic hydroxyl groups is 1. The molecule has 8 heteroatoms. The van der Waals surface area contributed by atoms with Crippen molar-refractivity contribution in [2.45, 2.75) is 74.7 Å². The Morgan fingerprint density at radius 1 is 1.21 bits per heavy atom. The van der Waals surface area contributed by atoms with Crippen LogP contribution in [0.4, 0.5) is 0 Å². The number of H-pyrrole nitrogens is 1. The first kappa shape index (κ1) is 24.3. The number of aromatic nitrogens is 1. The van der Waals surface area contributed by atoms with Crippen LogP contribution >= 0.6 is 12.4 Å². The molecule has 3 heterocycles. The van der Waals surface area contributed by atoms with Crippen LogP contribution in [-0.2, 0) is 11.8 Å². The lowest BCUT2D eigenvalue weighted by atomic mass is 9.48. The van der Waals surface area contributed by atoms with Gasteiger partial charge in [-0.15, -0.1) is 12.4 Å². The summed E-state index contributed by atoms with van der Waals surface area (Å²) in [6, 6.07) is 9.31. The van der Waals surface area contributed by atoms with E-state index in [1.807, 2.05) is 37.4 Å². The lowest BCUT2D eigenvalue weighted by Crippen LogP contribution is -2.78. The van der Waals surface area contributed by atoms with E-state index in [-0.39, 0.29) is 36.1 Å². The number of nitrogens with one attached hydrogen (secondary N) is 2. The quantitative estimate of drug-likeness (QED) is 0.405. The van der Waals surface area contributed by atoms with Crippen molar-refractivity contribution in [3.8, 4) is 11.5 Å². The van der Waals surface area contributed by atoms with Crippen LogP contribution in [0.1, 0.15) is 59.2 Å². The third-order valence-corrected chi connectivity index (χ3v) is 10.2. The number of ether oxygens (including phenoxy) is 1. The second-order valence-corrected chi connectivity index (χ2v) is 12.1. The molecule has 3 aliphatic carbocycles. The van der Waals surface area contributed by atoms with Gasteiger partial charge in [-0.25, -0.2) is 0 Å². The highest BCUT2D eigenvalue weighted by atomic mass is 35.5. The summed E-state index contributed by atoms with van der Waals surface area (Å²) in [5, 5.41) is 27.8. The van der Waals surface area contributed by atoms with Gasteiger partial charge >= 0.3 is 0 Å². The average Bonchev–Trinajstić information content (AvgIpc) is 3.52. The molecule has 3 aromatic rings. The number of amides is 1. The molecule has 2 aliphatic heterocycles. The number of hydrogen-bond acceptors (Lipinski definition) is 5. The van der Waals surface area contributed by atoms with Crippen molar-refractivity contribution in [3.63, 3.8) is 0 Å². The van der Waals surface area contributed by atoms with Crippen LogP contribution in [0.5, 0.6) is 11.5 Å². The number of phenols is 1. The Balaban J connectivity index is 0.00000242. The maximum atomic E-state index is 13.7. The number of phenolic OH excluding ortho intramolecular Hbond substituents is 1. The number of hydrogen-bond donors (Lipinski definition) is 4. The van der Waals surface area contributed by atoms with Gasteiger partial charge < -0.3 is 25.3 Å². The van der Waals surface area contributed by atoms with Gasteiger partial charge in [-0.1, -0.05) is 18.2 Å². The van der Waals surface area contributed by atoms with Gasteiger partial charge in [-0.3, -0.25) is 9.69 Å². The van der Waals surface area contributed by atoms with Crippen molar-refractivity contribution in [1.82, 2.24) is 15.2 Å². The molecule has 1 aromatic heterocycles. The fraction of sp³-hybridized carbons (Fsp3) is 0.500. The first-order valence-electron chi connectivity index (χ1n) is 13.8. The van der Waals surface area contributed by atoms with Gasteiger partial charge in [0.2, 0.25) is 0 Å². The van der Waals surface area contributed by atoms with Crippen LogP contribution in [0.15, 0.2) is 36.5 Å². The number of halogens is 1. The van der Waals surface area contributed by atoms with Crippen molar-refractivity contribution in [2.75, 3.05) is 13.1 Å². The Kier molecular flexibility index (Phi) is 5.20. The van der Waals surface area contributed by atoms with E-state index in [4.69, 9.17) is 4.74 Å². The Morgan fingerprint density at radius 3 is 2.87 bits per heavy atom. The summed E-state index contributed by atoms with van der Waals surface area (Å²) in [5.41, 5.74) is 3.13. The Bertz CT molecular complexity index is 1470. The minimum absolute atomic E-state index is 0. The molecule has 1 spiro atoms. The number of fused-ring (bicyclic) bond motifs is 1. The Hall–Kier alpha value is -2.74. The number of aliphatic hydroxyl groups is 1. The maximum Gasteiger partial charge on any atom is 0.253 e. The third-order valence-electron chi connectivity index (χ3n) is 10.2. The smallest absolute Gasteiger partial charge is 0.253 e. The molecule has 3 fully saturated rings. The van der Waals surface area contributed by atoms with Crippen molar-refractivity contribution in [1.29, 1.82) is 0 Å². The standard InChI is InChI=1S/C30H33N3O4.ClH/c1-16-14-31-25-19(16)3-2-4-20(25)28(35)32-21-9-10-30(36)23-13-18-7-8-22(34)26-24(18)29(30,27(21)37-26)11-12-33(23)15-17-5-6-17;/h2-4,7-8,14,17,21,23,27,31,34,36H,5-6,9-13,15H2,1H3,(H,32,35);1H/t21-,23-,27+,29+,30-;/m1./s1. The van der Waals surface area contributed by atoms with Gasteiger partial charge in [0, 0.05) is 29.7 Å². The van der Waals surface area contributed by atoms with Crippen molar-refractivity contribution in [3.05, 3.63) is 58.8 Å². The summed E-state index contributed by atoms with van der Waals surface area (Å²) in [6.07, 6.45) is 6.85. The summed E-state index contributed by atoms with van der Waals surface area (Å²) in [5.74, 6) is 1.25. The molecule has 2 saturated carbocycles. The van der Waals surface area contributed by atoms with E-state index in [0.29, 0.717) is 24.2 Å². The van der Waals surface area contributed by atoms with Crippen LogP contribution in [0.2, 0.25) is 0 Å². The highest BCUT2D eigenvalue weighted by Crippen LogP contribution is 2.65. The molecule has 200 valence electrons. The molecule has 2 aromatic carbocycles. The van der Waals surface area contributed by atoms with Gasteiger partial charge in [-0.2, -0.15) is 0 Å². The van der Waals surface area contributed by atoms with Crippen LogP contribution < -0.4 is 10.1 Å². The van der Waals surface area contributed by atoms with E-state index in [1.54, 1.807) is 6.07 Å². The number of aryl methyl sites for hydroxylation is 1. The topological polar surface area (TPSA) is 97.8 Å². The molecular weight excluding hydrogens is 502 g/mol. The normalized spacial score (nSPS) is 32.8. The number of carbonyl (C=O) groups excluding carboxylic acids is 1.